The SMILES string of the molecule is COC(=O)CCc1ccc(COc2cccc(-c3ccc(N4CCc5cccc(C(=O)Nc6nc7ccccc7s6)c5C4)nc3C(=O)OC(C)(C)C)c2C)cc1. The summed E-state index contributed by atoms with van der Waals surface area (Å²) < 4.78 is 18.0. The van der Waals surface area contributed by atoms with E-state index in [-0.39, 0.29) is 17.6 Å². The monoisotopic (exact) mass is 768 g/mol. The first-order valence-corrected chi connectivity index (χ1v) is 19.4. The highest BCUT2D eigenvalue weighted by molar-refractivity contribution is 7.22. The topological polar surface area (TPSA) is 120 Å². The van der Waals surface area contributed by atoms with Crippen molar-refractivity contribution < 1.29 is 28.6 Å². The molecule has 0 atom stereocenters. The summed E-state index contributed by atoms with van der Waals surface area (Å²) in [5.41, 5.74) is 7.23. The number of aryl methyl sites for hydroxylation is 1. The number of pyridine rings is 1. The Bertz CT molecular complexity index is 2380. The highest BCUT2D eigenvalue weighted by Gasteiger charge is 2.28. The number of anilines is 2. The molecule has 7 rings (SSSR count). The Labute approximate surface area is 330 Å². The molecule has 0 unspecified atom stereocenters. The van der Waals surface area contributed by atoms with Crippen LogP contribution in [0.1, 0.15) is 75.9 Å². The molecule has 6 aromatic rings. The Morgan fingerprint density at radius 3 is 2.39 bits per heavy atom. The number of carbonyl (C=O) groups is 3. The van der Waals surface area contributed by atoms with E-state index < -0.39 is 11.6 Å². The highest BCUT2D eigenvalue weighted by atomic mass is 32.1. The fourth-order valence-corrected chi connectivity index (χ4v) is 7.64. The number of ether oxygens (including phenoxy) is 3. The highest BCUT2D eigenvalue weighted by Crippen LogP contribution is 2.35. The van der Waals surface area contributed by atoms with Gasteiger partial charge in [0.05, 0.1) is 17.3 Å². The number of aromatic nitrogens is 2. The average Bonchev–Trinajstić information content (AvgIpc) is 3.61. The maximum atomic E-state index is 13.9. The molecule has 3 heterocycles. The van der Waals surface area contributed by atoms with Crippen LogP contribution in [-0.4, -0.2) is 47.1 Å². The van der Waals surface area contributed by atoms with Crippen LogP contribution < -0.4 is 15.0 Å². The number of nitrogens with one attached hydrogen (secondary N) is 1. The third kappa shape index (κ3) is 8.74. The molecule has 1 aliphatic rings. The molecular formula is C45H44N4O6S. The van der Waals surface area contributed by atoms with E-state index in [1.54, 1.807) is 0 Å². The molecule has 0 aliphatic carbocycles. The molecule has 4 aromatic carbocycles. The Hall–Kier alpha value is -6.07. The van der Waals surface area contributed by atoms with Crippen molar-refractivity contribution in [3.8, 4) is 16.9 Å². The van der Waals surface area contributed by atoms with E-state index in [0.717, 1.165) is 43.6 Å². The molecule has 10 nitrogen and oxygen atoms in total. The molecule has 0 fully saturated rings. The van der Waals surface area contributed by atoms with E-state index >= 15 is 0 Å². The molecule has 11 heteroatoms. The molecule has 286 valence electrons. The van der Waals surface area contributed by atoms with E-state index in [4.69, 9.17) is 19.2 Å². The summed E-state index contributed by atoms with van der Waals surface area (Å²) in [7, 11) is 1.39. The van der Waals surface area contributed by atoms with Crippen LogP contribution in [0.4, 0.5) is 10.9 Å². The van der Waals surface area contributed by atoms with Crippen LogP contribution in [0.5, 0.6) is 5.75 Å². The van der Waals surface area contributed by atoms with Gasteiger partial charge in [0.1, 0.15) is 23.8 Å². The number of amides is 1. The Morgan fingerprint density at radius 2 is 1.62 bits per heavy atom. The van der Waals surface area contributed by atoms with Crippen molar-refractivity contribution in [2.75, 3.05) is 23.9 Å². The van der Waals surface area contributed by atoms with Crippen molar-refractivity contribution in [2.24, 2.45) is 0 Å². The smallest absolute Gasteiger partial charge is 0.358 e. The first-order chi connectivity index (χ1) is 27.0. The standard InChI is InChI=1S/C45H44N4O6S/c1-28-32(11-9-14-37(28)54-27-30-18-16-29(17-19-30)20-23-40(50)53-5)33-21-22-39(47-41(33)43(52)55-45(2,3)4)49-25-24-31-10-8-12-34(35(31)26-49)42(51)48-44-46-36-13-6-7-15-38(36)56-44/h6-19,21-22H,20,23-27H2,1-5H3,(H,46,48,51). The van der Waals surface area contributed by atoms with Gasteiger partial charge >= 0.3 is 11.9 Å². The molecule has 56 heavy (non-hydrogen) atoms. The fraction of sp³-hybridized carbons (Fsp3) is 0.267. The van der Waals surface area contributed by atoms with Gasteiger partial charge in [-0.25, -0.2) is 14.8 Å². The lowest BCUT2D eigenvalue weighted by Crippen LogP contribution is -2.33. The van der Waals surface area contributed by atoms with Crippen LogP contribution >= 0.6 is 11.3 Å². The van der Waals surface area contributed by atoms with Gasteiger partial charge in [-0.2, -0.15) is 0 Å². The van der Waals surface area contributed by atoms with Gasteiger partial charge in [-0.15, -0.1) is 0 Å². The Kier molecular flexibility index (Phi) is 11.2. The quantitative estimate of drug-likeness (QED) is 0.129. The number of carbonyl (C=O) groups excluding carboxylic acids is 3. The number of benzene rings is 4. The molecule has 0 saturated carbocycles. The predicted molar refractivity (Wildman–Crippen MR) is 219 cm³/mol. The lowest BCUT2D eigenvalue weighted by atomic mass is 9.94. The molecule has 1 amide bonds. The summed E-state index contributed by atoms with van der Waals surface area (Å²) in [6, 6.07) is 31.2. The molecule has 1 N–H and O–H groups in total. The zero-order chi connectivity index (χ0) is 39.4. The minimum Gasteiger partial charge on any atom is -0.489 e. The van der Waals surface area contributed by atoms with Crippen LogP contribution in [0.15, 0.2) is 97.1 Å². The van der Waals surface area contributed by atoms with Crippen LogP contribution in [-0.2, 0) is 40.3 Å². The van der Waals surface area contributed by atoms with Crippen molar-refractivity contribution in [1.82, 2.24) is 9.97 Å². The third-order valence-electron chi connectivity index (χ3n) is 9.67. The average molecular weight is 769 g/mol. The van der Waals surface area contributed by atoms with E-state index in [0.29, 0.717) is 66.8 Å². The Morgan fingerprint density at radius 1 is 0.857 bits per heavy atom. The molecule has 0 radical (unpaired) electrons. The van der Waals surface area contributed by atoms with Crippen molar-refractivity contribution in [3.05, 3.63) is 136 Å². The molecular weight excluding hydrogens is 725 g/mol. The van der Waals surface area contributed by atoms with Crippen LogP contribution in [0.3, 0.4) is 0 Å². The summed E-state index contributed by atoms with van der Waals surface area (Å²) in [4.78, 5) is 50.8. The van der Waals surface area contributed by atoms with Gasteiger partial charge in [0, 0.05) is 30.6 Å². The Balaban J connectivity index is 1.13. The van der Waals surface area contributed by atoms with Crippen LogP contribution in [0, 0.1) is 6.92 Å². The van der Waals surface area contributed by atoms with E-state index in [9.17, 15) is 14.4 Å². The number of para-hydroxylation sites is 1. The first-order valence-electron chi connectivity index (χ1n) is 18.6. The minimum absolute atomic E-state index is 0.202. The summed E-state index contributed by atoms with van der Waals surface area (Å²) >= 11 is 1.44. The van der Waals surface area contributed by atoms with Crippen molar-refractivity contribution in [3.63, 3.8) is 0 Å². The number of esters is 2. The second-order valence-electron chi connectivity index (χ2n) is 14.7. The fourth-order valence-electron chi connectivity index (χ4n) is 6.78. The van der Waals surface area contributed by atoms with Crippen molar-refractivity contribution >= 4 is 50.3 Å². The maximum absolute atomic E-state index is 13.9. The van der Waals surface area contributed by atoms with Gasteiger partial charge in [-0.3, -0.25) is 14.9 Å². The number of rotatable bonds is 11. The lowest BCUT2D eigenvalue weighted by Gasteiger charge is -2.31. The molecule has 1 aliphatic heterocycles. The number of thiazole rings is 1. The zero-order valence-corrected chi connectivity index (χ0v) is 33.0. The van der Waals surface area contributed by atoms with Gasteiger partial charge in [0.25, 0.3) is 5.91 Å². The zero-order valence-electron chi connectivity index (χ0n) is 32.2. The summed E-state index contributed by atoms with van der Waals surface area (Å²) in [6.45, 7) is 8.91. The van der Waals surface area contributed by atoms with E-state index in [1.807, 2.05) is 119 Å². The normalized spacial score (nSPS) is 12.6. The van der Waals surface area contributed by atoms with Crippen molar-refractivity contribution in [2.45, 2.75) is 65.7 Å². The maximum Gasteiger partial charge on any atom is 0.358 e. The molecule has 0 bridgehead atoms. The van der Waals surface area contributed by atoms with Gasteiger partial charge < -0.3 is 19.1 Å². The van der Waals surface area contributed by atoms with Gasteiger partial charge in [-0.1, -0.05) is 72.0 Å². The summed E-state index contributed by atoms with van der Waals surface area (Å²) in [5, 5.41) is 3.56. The second kappa shape index (κ2) is 16.3. The van der Waals surface area contributed by atoms with Gasteiger partial charge in [-0.05, 0) is 110 Å². The van der Waals surface area contributed by atoms with Crippen molar-refractivity contribution in [1.29, 1.82) is 0 Å². The summed E-state index contributed by atoms with van der Waals surface area (Å²) in [5.74, 6) is 0.316. The van der Waals surface area contributed by atoms with Crippen LogP contribution in [0.25, 0.3) is 21.3 Å². The largest absolute Gasteiger partial charge is 0.489 e. The number of hydrogen-bond donors (Lipinski definition) is 1. The van der Waals surface area contributed by atoms with E-state index in [2.05, 4.69) is 21.3 Å². The molecule has 0 spiro atoms. The van der Waals surface area contributed by atoms with Gasteiger partial charge in [0.2, 0.25) is 0 Å². The minimum atomic E-state index is -0.740. The number of nitrogens with zero attached hydrogens (tertiary/aromatic N) is 3. The predicted octanol–water partition coefficient (Wildman–Crippen LogP) is 9.12. The van der Waals surface area contributed by atoms with Crippen LogP contribution in [0.2, 0.25) is 0 Å². The van der Waals surface area contributed by atoms with E-state index in [1.165, 1.54) is 18.4 Å². The first kappa shape index (κ1) is 38.2. The lowest BCUT2D eigenvalue weighted by molar-refractivity contribution is -0.140. The number of hydrogen-bond acceptors (Lipinski definition) is 10. The molecule has 0 saturated heterocycles. The third-order valence-corrected chi connectivity index (χ3v) is 10.6. The number of methoxy groups -OCH3 is 1. The number of fused-ring (bicyclic) bond motifs is 2. The molecule has 2 aromatic heterocycles. The summed E-state index contributed by atoms with van der Waals surface area (Å²) in [6.07, 6.45) is 1.64. The van der Waals surface area contributed by atoms with Gasteiger partial charge in [0.15, 0.2) is 10.8 Å². The second-order valence-corrected chi connectivity index (χ2v) is 15.8.